The van der Waals surface area contributed by atoms with E-state index in [0.29, 0.717) is 49.7 Å². The first kappa shape index (κ1) is 21.2. The molecule has 2 aromatic rings. The smallest absolute Gasteiger partial charge is 0.253 e. The first-order valence-electron chi connectivity index (χ1n) is 10.5. The first-order valence-corrected chi connectivity index (χ1v) is 10.5. The average Bonchev–Trinajstić information content (AvgIpc) is 3.21. The number of carbonyl (C=O) groups is 2. The molecule has 0 saturated carbocycles. The molecule has 1 aromatic carbocycles. The highest BCUT2D eigenvalue weighted by Gasteiger charge is 2.26. The molecule has 2 N–H and O–H groups in total. The number of aliphatic hydroxyl groups excluding tert-OH is 1. The van der Waals surface area contributed by atoms with E-state index in [4.69, 9.17) is 0 Å². The predicted octanol–water partition coefficient (Wildman–Crippen LogP) is 1.91. The van der Waals surface area contributed by atoms with Gasteiger partial charge in [-0.05, 0) is 31.4 Å². The molecule has 1 atom stereocenters. The maximum absolute atomic E-state index is 14.5. The van der Waals surface area contributed by atoms with Crippen LogP contribution in [0.25, 0.3) is 11.3 Å². The van der Waals surface area contributed by atoms with Crippen molar-refractivity contribution in [3.8, 4) is 11.3 Å². The minimum absolute atomic E-state index is 0.0663. The Labute approximate surface area is 180 Å². The van der Waals surface area contributed by atoms with Gasteiger partial charge in [0.1, 0.15) is 5.69 Å². The Kier molecular flexibility index (Phi) is 6.13. The minimum atomic E-state index is -0.571. The van der Waals surface area contributed by atoms with Gasteiger partial charge < -0.3 is 20.2 Å². The molecule has 0 radical (unpaired) electrons. The standard InChI is InChI=1S/C22H26FN5O3/c1-14(29)27-8-5-17(6-9-27)25-22-24-12-19(23)20(26-22)15-3-2-4-16(11-15)21(31)28-10-7-18(30)13-28/h2-4,11-12,17-18,30H,5-10,13H2,1H3,(H,24,25,26)/t18-/m0/s1. The lowest BCUT2D eigenvalue weighted by Gasteiger charge is -2.31. The number of carbonyl (C=O) groups excluding carboxylic acids is 2. The van der Waals surface area contributed by atoms with E-state index in [2.05, 4.69) is 15.3 Å². The zero-order chi connectivity index (χ0) is 22.0. The van der Waals surface area contributed by atoms with Crippen molar-refractivity contribution in [2.45, 2.75) is 38.3 Å². The predicted molar refractivity (Wildman–Crippen MR) is 113 cm³/mol. The van der Waals surface area contributed by atoms with Crippen LogP contribution in [0.5, 0.6) is 0 Å². The molecule has 0 aliphatic carbocycles. The molecule has 0 spiro atoms. The summed E-state index contributed by atoms with van der Waals surface area (Å²) in [6.45, 7) is 3.70. The van der Waals surface area contributed by atoms with Crippen LogP contribution in [0.4, 0.5) is 10.3 Å². The lowest BCUT2D eigenvalue weighted by Crippen LogP contribution is -2.41. The van der Waals surface area contributed by atoms with Gasteiger partial charge in [-0.15, -0.1) is 0 Å². The van der Waals surface area contributed by atoms with Crippen LogP contribution in [0.1, 0.15) is 36.5 Å². The van der Waals surface area contributed by atoms with Crippen molar-refractivity contribution in [3.05, 3.63) is 41.8 Å². The van der Waals surface area contributed by atoms with Crippen molar-refractivity contribution in [2.24, 2.45) is 0 Å². The Bertz CT molecular complexity index is 977. The second kappa shape index (κ2) is 8.97. The van der Waals surface area contributed by atoms with Gasteiger partial charge in [-0.2, -0.15) is 0 Å². The van der Waals surface area contributed by atoms with E-state index in [-0.39, 0.29) is 23.6 Å². The zero-order valence-electron chi connectivity index (χ0n) is 17.4. The van der Waals surface area contributed by atoms with Gasteiger partial charge in [0.2, 0.25) is 11.9 Å². The number of β-amino-alcohol motifs (C(OH)–C–C–N with tert-alkyl or cyclic N) is 1. The Morgan fingerprint density at radius 3 is 2.58 bits per heavy atom. The fourth-order valence-corrected chi connectivity index (χ4v) is 4.07. The summed E-state index contributed by atoms with van der Waals surface area (Å²) in [6.07, 6.45) is 2.72. The number of benzene rings is 1. The molecule has 2 saturated heterocycles. The fraction of sp³-hybridized carbons (Fsp3) is 0.455. The number of halogens is 1. The normalized spacial score (nSPS) is 19.5. The summed E-state index contributed by atoms with van der Waals surface area (Å²) < 4.78 is 14.5. The number of aliphatic hydroxyl groups is 1. The number of rotatable bonds is 4. The summed E-state index contributed by atoms with van der Waals surface area (Å²) in [5, 5.41) is 12.9. The second-order valence-electron chi connectivity index (χ2n) is 8.09. The number of piperidine rings is 1. The average molecular weight is 427 g/mol. The summed E-state index contributed by atoms with van der Waals surface area (Å²) in [7, 11) is 0. The van der Waals surface area contributed by atoms with Gasteiger partial charge in [0.05, 0.1) is 12.3 Å². The summed E-state index contributed by atoms with van der Waals surface area (Å²) >= 11 is 0. The molecule has 2 aliphatic heterocycles. The third-order valence-electron chi connectivity index (χ3n) is 5.85. The van der Waals surface area contributed by atoms with Gasteiger partial charge in [0.15, 0.2) is 5.82 Å². The van der Waals surface area contributed by atoms with Crippen LogP contribution in [0, 0.1) is 5.82 Å². The number of nitrogens with one attached hydrogen (secondary N) is 1. The molecule has 2 fully saturated rings. The van der Waals surface area contributed by atoms with Gasteiger partial charge in [0, 0.05) is 50.3 Å². The second-order valence-corrected chi connectivity index (χ2v) is 8.09. The largest absolute Gasteiger partial charge is 0.391 e. The Morgan fingerprint density at radius 2 is 1.90 bits per heavy atom. The topological polar surface area (TPSA) is 98.7 Å². The van der Waals surface area contributed by atoms with Crippen molar-refractivity contribution in [2.75, 3.05) is 31.5 Å². The van der Waals surface area contributed by atoms with Gasteiger partial charge >= 0.3 is 0 Å². The van der Waals surface area contributed by atoms with Crippen LogP contribution in [-0.2, 0) is 4.79 Å². The lowest BCUT2D eigenvalue weighted by molar-refractivity contribution is -0.129. The molecule has 31 heavy (non-hydrogen) atoms. The number of likely N-dealkylation sites (tertiary alicyclic amines) is 2. The molecular weight excluding hydrogens is 401 g/mol. The maximum Gasteiger partial charge on any atom is 0.253 e. The molecular formula is C22H26FN5O3. The van der Waals surface area contributed by atoms with Gasteiger partial charge in [-0.3, -0.25) is 9.59 Å². The number of aromatic nitrogens is 2. The molecule has 8 nitrogen and oxygen atoms in total. The van der Waals surface area contributed by atoms with Crippen LogP contribution in [0.2, 0.25) is 0 Å². The van der Waals surface area contributed by atoms with Gasteiger partial charge in [-0.25, -0.2) is 14.4 Å². The Morgan fingerprint density at radius 1 is 1.16 bits per heavy atom. The van der Waals surface area contributed by atoms with E-state index in [0.717, 1.165) is 19.0 Å². The molecule has 1 aromatic heterocycles. The highest BCUT2D eigenvalue weighted by Crippen LogP contribution is 2.24. The number of hydrogen-bond acceptors (Lipinski definition) is 6. The third kappa shape index (κ3) is 4.82. The summed E-state index contributed by atoms with van der Waals surface area (Å²) in [5.41, 5.74) is 1.03. The highest BCUT2D eigenvalue weighted by molar-refractivity contribution is 5.95. The maximum atomic E-state index is 14.5. The molecule has 0 unspecified atom stereocenters. The van der Waals surface area contributed by atoms with E-state index in [1.165, 1.54) is 0 Å². The third-order valence-corrected chi connectivity index (χ3v) is 5.85. The van der Waals surface area contributed by atoms with Crippen molar-refractivity contribution in [3.63, 3.8) is 0 Å². The molecule has 3 heterocycles. The van der Waals surface area contributed by atoms with E-state index in [1.54, 1.807) is 41.0 Å². The molecule has 2 amide bonds. The fourth-order valence-electron chi connectivity index (χ4n) is 4.07. The van der Waals surface area contributed by atoms with Crippen molar-refractivity contribution >= 4 is 17.8 Å². The summed E-state index contributed by atoms with van der Waals surface area (Å²) in [4.78, 5) is 36.0. The van der Waals surface area contributed by atoms with E-state index in [9.17, 15) is 19.1 Å². The lowest BCUT2D eigenvalue weighted by atomic mass is 10.1. The summed E-state index contributed by atoms with van der Waals surface area (Å²) in [5.74, 6) is -0.379. The SMILES string of the molecule is CC(=O)N1CCC(Nc2ncc(F)c(-c3cccc(C(=O)N4CC[C@H](O)C4)c3)n2)CC1. The van der Waals surface area contributed by atoms with Crippen molar-refractivity contribution < 1.29 is 19.1 Å². The molecule has 9 heteroatoms. The zero-order valence-corrected chi connectivity index (χ0v) is 17.4. The molecule has 4 rings (SSSR count). The quantitative estimate of drug-likeness (QED) is 0.774. The van der Waals surface area contributed by atoms with Crippen molar-refractivity contribution in [1.82, 2.24) is 19.8 Å². The Balaban J connectivity index is 1.50. The first-order chi connectivity index (χ1) is 14.9. The van der Waals surface area contributed by atoms with Crippen LogP contribution >= 0.6 is 0 Å². The number of anilines is 1. The number of nitrogens with zero attached hydrogens (tertiary/aromatic N) is 4. The molecule has 0 bridgehead atoms. The molecule has 2 aliphatic rings. The van der Waals surface area contributed by atoms with Crippen molar-refractivity contribution in [1.29, 1.82) is 0 Å². The van der Waals surface area contributed by atoms with Crippen LogP contribution in [0.3, 0.4) is 0 Å². The van der Waals surface area contributed by atoms with Crippen LogP contribution in [-0.4, -0.2) is 75.0 Å². The highest BCUT2D eigenvalue weighted by atomic mass is 19.1. The minimum Gasteiger partial charge on any atom is -0.391 e. The van der Waals surface area contributed by atoms with E-state index < -0.39 is 11.9 Å². The summed E-state index contributed by atoms with van der Waals surface area (Å²) in [6, 6.07) is 6.80. The van der Waals surface area contributed by atoms with E-state index >= 15 is 0 Å². The van der Waals surface area contributed by atoms with Crippen LogP contribution in [0.15, 0.2) is 30.5 Å². The van der Waals surface area contributed by atoms with Gasteiger partial charge in [0.25, 0.3) is 5.91 Å². The molecule has 164 valence electrons. The van der Waals surface area contributed by atoms with E-state index in [1.807, 2.05) is 0 Å². The number of amides is 2. The van der Waals surface area contributed by atoms with Gasteiger partial charge in [-0.1, -0.05) is 12.1 Å². The monoisotopic (exact) mass is 427 g/mol. The Hall–Kier alpha value is -3.07. The van der Waals surface area contributed by atoms with Crippen LogP contribution < -0.4 is 5.32 Å². The number of hydrogen-bond donors (Lipinski definition) is 2.